The lowest BCUT2D eigenvalue weighted by molar-refractivity contribution is -0.118. The highest BCUT2D eigenvalue weighted by molar-refractivity contribution is 6.21. The second-order valence-electron chi connectivity index (χ2n) is 6.44. The highest BCUT2D eigenvalue weighted by Crippen LogP contribution is 2.22. The number of ketones is 1. The van der Waals surface area contributed by atoms with E-state index >= 15 is 0 Å². The summed E-state index contributed by atoms with van der Waals surface area (Å²) in [5, 5.41) is 9.16. The van der Waals surface area contributed by atoms with E-state index in [1.54, 1.807) is 42.5 Å². The number of rotatable bonds is 8. The number of carbonyl (C=O) groups excluding carboxylic acids is 3. The lowest BCUT2D eigenvalue weighted by atomic mass is 10.00. The van der Waals surface area contributed by atoms with Gasteiger partial charge >= 0.3 is 5.97 Å². The van der Waals surface area contributed by atoms with Gasteiger partial charge < -0.3 is 5.11 Å². The van der Waals surface area contributed by atoms with E-state index in [1.807, 2.05) is 0 Å². The van der Waals surface area contributed by atoms with Crippen molar-refractivity contribution in [1.82, 2.24) is 4.90 Å². The summed E-state index contributed by atoms with van der Waals surface area (Å²) in [6.07, 6.45) is 1.39. The van der Waals surface area contributed by atoms with Gasteiger partial charge in [0.15, 0.2) is 0 Å². The zero-order chi connectivity index (χ0) is 19.4. The number of hydrogen-bond donors (Lipinski definition) is 1. The van der Waals surface area contributed by atoms with Crippen molar-refractivity contribution in [3.8, 4) is 0 Å². The van der Waals surface area contributed by atoms with Crippen LogP contribution in [0.15, 0.2) is 48.5 Å². The van der Waals surface area contributed by atoms with Gasteiger partial charge in [0.05, 0.1) is 16.7 Å². The summed E-state index contributed by atoms with van der Waals surface area (Å²) < 4.78 is 0. The van der Waals surface area contributed by atoms with E-state index in [2.05, 4.69) is 0 Å². The number of carbonyl (C=O) groups is 4. The number of unbranched alkanes of at least 4 members (excludes halogenated alkanes) is 1. The number of Topliss-reactive ketones (excluding diaryl/α,β-unsaturated/α-hetero) is 1. The van der Waals surface area contributed by atoms with Crippen LogP contribution in [0.25, 0.3) is 0 Å². The third-order valence-corrected chi connectivity index (χ3v) is 4.60. The molecule has 3 rings (SSSR count). The molecule has 27 heavy (non-hydrogen) atoms. The summed E-state index contributed by atoms with van der Waals surface area (Å²) in [7, 11) is 0. The minimum Gasteiger partial charge on any atom is -0.478 e. The highest BCUT2D eigenvalue weighted by Gasteiger charge is 2.34. The van der Waals surface area contributed by atoms with Crippen LogP contribution in [0.1, 0.15) is 55.9 Å². The van der Waals surface area contributed by atoms with Crippen molar-refractivity contribution in [1.29, 1.82) is 0 Å². The first-order valence-electron chi connectivity index (χ1n) is 8.77. The molecule has 0 radical (unpaired) electrons. The van der Waals surface area contributed by atoms with E-state index in [9.17, 15) is 19.2 Å². The number of carboxylic acid groups (broad SMARTS) is 1. The quantitative estimate of drug-likeness (QED) is 0.574. The fourth-order valence-corrected chi connectivity index (χ4v) is 3.22. The molecule has 0 bridgehead atoms. The summed E-state index contributed by atoms with van der Waals surface area (Å²) >= 11 is 0. The van der Waals surface area contributed by atoms with Crippen molar-refractivity contribution in [3.05, 3.63) is 70.8 Å². The number of carboxylic acids is 1. The van der Waals surface area contributed by atoms with E-state index < -0.39 is 5.97 Å². The molecule has 1 N–H and O–H groups in total. The Hall–Kier alpha value is -3.28. The second kappa shape index (κ2) is 7.95. The lowest BCUT2D eigenvalue weighted by Crippen LogP contribution is -2.30. The Kier molecular flexibility index (Phi) is 5.45. The Bertz CT molecular complexity index is 883. The molecular weight excluding hydrogens is 346 g/mol. The van der Waals surface area contributed by atoms with Gasteiger partial charge in [0.1, 0.15) is 5.78 Å². The van der Waals surface area contributed by atoms with Gasteiger partial charge in [0.2, 0.25) is 0 Å². The summed E-state index contributed by atoms with van der Waals surface area (Å²) in [5.41, 5.74) is 1.47. The topological polar surface area (TPSA) is 91.8 Å². The largest absolute Gasteiger partial charge is 0.478 e. The van der Waals surface area contributed by atoms with Gasteiger partial charge in [0.25, 0.3) is 11.8 Å². The average molecular weight is 365 g/mol. The predicted molar refractivity (Wildman–Crippen MR) is 97.8 cm³/mol. The van der Waals surface area contributed by atoms with Crippen LogP contribution < -0.4 is 0 Å². The molecule has 0 aliphatic carbocycles. The van der Waals surface area contributed by atoms with E-state index in [-0.39, 0.29) is 42.5 Å². The molecule has 1 heterocycles. The molecule has 0 fully saturated rings. The molecule has 0 saturated heterocycles. The van der Waals surface area contributed by atoms with Gasteiger partial charge in [-0.15, -0.1) is 0 Å². The maximum atomic E-state index is 12.3. The predicted octanol–water partition coefficient (Wildman–Crippen LogP) is 2.96. The smallest absolute Gasteiger partial charge is 0.335 e. The molecule has 0 spiro atoms. The van der Waals surface area contributed by atoms with Gasteiger partial charge in [-0.2, -0.15) is 0 Å². The standard InChI is InChI=1S/C21H19NO5/c23-15(13-14-7-1-2-9-16(14)21(26)27)8-5-6-12-22-19(24)17-10-3-4-11-18(17)20(22)25/h1-4,7,9-11H,5-6,8,12-13H2,(H,26,27). The van der Waals surface area contributed by atoms with Crippen molar-refractivity contribution in [2.24, 2.45) is 0 Å². The highest BCUT2D eigenvalue weighted by atomic mass is 16.4. The van der Waals surface area contributed by atoms with Crippen molar-refractivity contribution < 1.29 is 24.3 Å². The number of imide groups is 1. The first-order chi connectivity index (χ1) is 13.0. The van der Waals surface area contributed by atoms with Crippen LogP contribution in [0.2, 0.25) is 0 Å². The second-order valence-corrected chi connectivity index (χ2v) is 6.44. The first kappa shape index (κ1) is 18.5. The Morgan fingerprint density at radius 3 is 2.07 bits per heavy atom. The monoisotopic (exact) mass is 365 g/mol. The summed E-state index contributed by atoms with van der Waals surface area (Å²) in [6.45, 7) is 0.269. The van der Waals surface area contributed by atoms with Gasteiger partial charge in [-0.25, -0.2) is 4.79 Å². The minimum absolute atomic E-state index is 0.0638. The van der Waals surface area contributed by atoms with Crippen LogP contribution in [0.4, 0.5) is 0 Å². The summed E-state index contributed by atoms with van der Waals surface area (Å²) in [5.74, 6) is -1.70. The van der Waals surface area contributed by atoms with Crippen LogP contribution in [-0.4, -0.2) is 40.1 Å². The molecule has 6 nitrogen and oxygen atoms in total. The molecule has 6 heteroatoms. The number of fused-ring (bicyclic) bond motifs is 1. The Morgan fingerprint density at radius 2 is 1.44 bits per heavy atom. The Morgan fingerprint density at radius 1 is 0.852 bits per heavy atom. The fourth-order valence-electron chi connectivity index (χ4n) is 3.22. The molecule has 2 aromatic rings. The van der Waals surface area contributed by atoms with Crippen LogP contribution in [0.5, 0.6) is 0 Å². The minimum atomic E-state index is -1.05. The van der Waals surface area contributed by atoms with Gasteiger partial charge in [0, 0.05) is 19.4 Å². The van der Waals surface area contributed by atoms with Gasteiger partial charge in [-0.1, -0.05) is 30.3 Å². The van der Waals surface area contributed by atoms with Crippen molar-refractivity contribution >= 4 is 23.6 Å². The van der Waals surface area contributed by atoms with Crippen molar-refractivity contribution in [3.63, 3.8) is 0 Å². The zero-order valence-electron chi connectivity index (χ0n) is 14.7. The molecule has 138 valence electrons. The SMILES string of the molecule is O=C(CCCCN1C(=O)c2ccccc2C1=O)Cc1ccccc1C(=O)O. The average Bonchev–Trinajstić information content (AvgIpc) is 2.90. The number of benzene rings is 2. The number of amides is 2. The molecule has 0 aromatic heterocycles. The molecule has 1 aliphatic heterocycles. The Labute approximate surface area is 156 Å². The zero-order valence-corrected chi connectivity index (χ0v) is 14.7. The third-order valence-electron chi connectivity index (χ3n) is 4.60. The maximum Gasteiger partial charge on any atom is 0.335 e. The number of aromatic carboxylic acids is 1. The molecule has 0 unspecified atom stereocenters. The normalized spacial score (nSPS) is 13.0. The van der Waals surface area contributed by atoms with E-state index in [0.29, 0.717) is 29.5 Å². The maximum absolute atomic E-state index is 12.3. The van der Waals surface area contributed by atoms with Crippen molar-refractivity contribution in [2.45, 2.75) is 25.7 Å². The molecule has 2 amide bonds. The summed E-state index contributed by atoms with van der Waals surface area (Å²) in [4.78, 5) is 49.1. The molecule has 1 aliphatic rings. The van der Waals surface area contributed by atoms with E-state index in [0.717, 1.165) is 0 Å². The molecular formula is C21H19NO5. The van der Waals surface area contributed by atoms with Crippen LogP contribution >= 0.6 is 0 Å². The fraction of sp³-hybridized carbons (Fsp3) is 0.238. The van der Waals surface area contributed by atoms with E-state index in [1.165, 1.54) is 11.0 Å². The van der Waals surface area contributed by atoms with Gasteiger partial charge in [-0.3, -0.25) is 19.3 Å². The Balaban J connectivity index is 1.49. The van der Waals surface area contributed by atoms with Crippen molar-refractivity contribution in [2.75, 3.05) is 6.54 Å². The third kappa shape index (κ3) is 3.95. The molecule has 0 atom stereocenters. The molecule has 2 aromatic carbocycles. The van der Waals surface area contributed by atoms with Crippen LogP contribution in [0, 0.1) is 0 Å². The van der Waals surface area contributed by atoms with Gasteiger partial charge in [-0.05, 0) is 36.6 Å². The number of hydrogen-bond acceptors (Lipinski definition) is 4. The number of nitrogens with zero attached hydrogens (tertiary/aromatic N) is 1. The van der Waals surface area contributed by atoms with E-state index in [4.69, 9.17) is 5.11 Å². The summed E-state index contributed by atoms with van der Waals surface area (Å²) in [6, 6.07) is 13.2. The van der Waals surface area contributed by atoms with Crippen LogP contribution in [0.3, 0.4) is 0 Å². The lowest BCUT2D eigenvalue weighted by Gasteiger charge is -2.13. The molecule has 0 saturated carbocycles. The van der Waals surface area contributed by atoms with Crippen LogP contribution in [-0.2, 0) is 11.2 Å². The first-order valence-corrected chi connectivity index (χ1v) is 8.77.